The first-order valence-corrected chi connectivity index (χ1v) is 9.80. The topological polar surface area (TPSA) is 87.0 Å². The predicted octanol–water partition coefficient (Wildman–Crippen LogP) is 2.12. The molecule has 0 saturated heterocycles. The Labute approximate surface area is 144 Å². The molecule has 1 saturated carbocycles. The van der Waals surface area contributed by atoms with Crippen LogP contribution in [0.25, 0.3) is 0 Å². The number of nitrogens with one attached hydrogen (secondary N) is 1. The van der Waals surface area contributed by atoms with Crippen molar-refractivity contribution in [2.75, 3.05) is 12.3 Å². The van der Waals surface area contributed by atoms with Crippen molar-refractivity contribution in [3.63, 3.8) is 0 Å². The van der Waals surface area contributed by atoms with Crippen LogP contribution in [0.3, 0.4) is 0 Å². The molecule has 7 heteroatoms. The van der Waals surface area contributed by atoms with Crippen LogP contribution in [0.1, 0.15) is 19.3 Å². The molecular weight excluding hydrogens is 415 g/mol. The molecule has 0 aromatic heterocycles. The number of nitrogens with zero attached hydrogens (tertiary/aromatic N) is 1. The van der Waals surface area contributed by atoms with Gasteiger partial charge >= 0.3 is 0 Å². The van der Waals surface area contributed by atoms with Crippen molar-refractivity contribution in [2.45, 2.75) is 24.2 Å². The van der Waals surface area contributed by atoms with E-state index in [1.165, 1.54) is 0 Å². The maximum atomic E-state index is 12.5. The molecule has 1 amide bonds. The average Bonchev–Trinajstić information content (AvgIpc) is 2.92. The van der Waals surface area contributed by atoms with Crippen molar-refractivity contribution in [3.8, 4) is 6.07 Å². The monoisotopic (exact) mass is 432 g/mol. The van der Waals surface area contributed by atoms with Crippen LogP contribution in [0.5, 0.6) is 0 Å². The highest BCUT2D eigenvalue weighted by Gasteiger charge is 2.36. The van der Waals surface area contributed by atoms with E-state index in [1.807, 2.05) is 6.07 Å². The van der Waals surface area contributed by atoms with Crippen LogP contribution in [0, 0.1) is 26.7 Å². The normalized spacial score (nSPS) is 21.3. The molecule has 1 aromatic carbocycles. The number of nitriles is 1. The Balaban J connectivity index is 2.09. The summed E-state index contributed by atoms with van der Waals surface area (Å²) in [5.74, 6) is -0.713. The number of hydrogen-bond donors (Lipinski definition) is 1. The average molecular weight is 432 g/mol. The maximum absolute atomic E-state index is 12.5. The lowest BCUT2D eigenvalue weighted by molar-refractivity contribution is -0.125. The van der Waals surface area contributed by atoms with Gasteiger partial charge in [-0.2, -0.15) is 5.26 Å². The molecule has 2 rings (SSSR count). The summed E-state index contributed by atoms with van der Waals surface area (Å²) >= 11 is 2.13. The van der Waals surface area contributed by atoms with Crippen LogP contribution in [-0.2, 0) is 14.6 Å². The first-order chi connectivity index (χ1) is 10.4. The molecule has 1 aromatic rings. The summed E-state index contributed by atoms with van der Waals surface area (Å²) in [6, 6.07) is 8.61. The van der Waals surface area contributed by atoms with E-state index in [0.29, 0.717) is 11.3 Å². The van der Waals surface area contributed by atoms with Gasteiger partial charge in [0.15, 0.2) is 9.84 Å². The minimum atomic E-state index is -3.40. The second-order valence-corrected chi connectivity index (χ2v) is 8.69. The third kappa shape index (κ3) is 4.20. The second-order valence-electron chi connectivity index (χ2n) is 5.41. The van der Waals surface area contributed by atoms with Gasteiger partial charge in [-0.3, -0.25) is 4.79 Å². The van der Waals surface area contributed by atoms with E-state index >= 15 is 0 Å². The van der Waals surface area contributed by atoms with Crippen LogP contribution in [-0.4, -0.2) is 26.6 Å². The lowest BCUT2D eigenvalue weighted by Crippen LogP contribution is -2.35. The molecular formula is C15H17IN2O3S. The van der Waals surface area contributed by atoms with Crippen LogP contribution < -0.4 is 5.32 Å². The van der Waals surface area contributed by atoms with Gasteiger partial charge in [0.05, 0.1) is 16.7 Å². The number of sulfone groups is 1. The van der Waals surface area contributed by atoms with E-state index in [9.17, 15) is 13.2 Å². The molecule has 5 nitrogen and oxygen atoms in total. The highest BCUT2D eigenvalue weighted by Crippen LogP contribution is 2.34. The van der Waals surface area contributed by atoms with Crippen molar-refractivity contribution < 1.29 is 13.2 Å². The van der Waals surface area contributed by atoms with Crippen molar-refractivity contribution in [3.05, 3.63) is 27.8 Å². The smallest absolute Gasteiger partial charge is 0.224 e. The highest BCUT2D eigenvalue weighted by molar-refractivity contribution is 14.1. The first-order valence-electron chi connectivity index (χ1n) is 7.07. The van der Waals surface area contributed by atoms with E-state index in [0.717, 1.165) is 16.4 Å². The maximum Gasteiger partial charge on any atom is 0.224 e. The molecule has 1 aliphatic rings. The first kappa shape index (κ1) is 17.2. The number of amides is 1. The molecule has 2 atom stereocenters. The Bertz CT molecular complexity index is 680. The van der Waals surface area contributed by atoms with Gasteiger partial charge in [-0.15, -0.1) is 0 Å². The summed E-state index contributed by atoms with van der Waals surface area (Å²) in [5, 5.41) is 11.1. The number of carbonyl (C=O) groups excluding carboxylic acids is 1. The number of benzene rings is 1. The van der Waals surface area contributed by atoms with E-state index in [1.54, 1.807) is 24.3 Å². The molecule has 118 valence electrons. The summed E-state index contributed by atoms with van der Waals surface area (Å²) < 4.78 is 26.0. The van der Waals surface area contributed by atoms with E-state index in [-0.39, 0.29) is 30.0 Å². The number of carbonyl (C=O) groups is 1. The van der Waals surface area contributed by atoms with Gasteiger partial charge in [0.25, 0.3) is 0 Å². The molecule has 1 aliphatic carbocycles. The van der Waals surface area contributed by atoms with Gasteiger partial charge in [-0.25, -0.2) is 8.42 Å². The number of rotatable bonds is 5. The van der Waals surface area contributed by atoms with Gasteiger partial charge in [-0.05, 0) is 65.6 Å². The van der Waals surface area contributed by atoms with Crippen LogP contribution >= 0.6 is 22.6 Å². The molecule has 1 N–H and O–H groups in total. The SMILES string of the molecule is N#CCNC(=O)[C@@H]1CCC[C@H]1CS(=O)(=O)c1ccc(I)cc1. The Morgan fingerprint density at radius 2 is 2.00 bits per heavy atom. The minimum absolute atomic E-state index is 0.0156. The van der Waals surface area contributed by atoms with Gasteiger partial charge in [0.2, 0.25) is 5.91 Å². The molecule has 0 bridgehead atoms. The fraction of sp³-hybridized carbons (Fsp3) is 0.467. The van der Waals surface area contributed by atoms with Crippen LogP contribution in [0.4, 0.5) is 0 Å². The van der Waals surface area contributed by atoms with Crippen LogP contribution in [0.15, 0.2) is 29.2 Å². The van der Waals surface area contributed by atoms with Crippen LogP contribution in [0.2, 0.25) is 0 Å². The Hall–Kier alpha value is -1.14. The molecule has 0 unspecified atom stereocenters. The Morgan fingerprint density at radius 1 is 1.32 bits per heavy atom. The van der Waals surface area contributed by atoms with E-state index in [2.05, 4.69) is 27.9 Å². The third-order valence-electron chi connectivity index (χ3n) is 3.94. The van der Waals surface area contributed by atoms with E-state index < -0.39 is 9.84 Å². The quantitative estimate of drug-likeness (QED) is 0.571. The summed E-state index contributed by atoms with van der Waals surface area (Å²) in [5.41, 5.74) is 0. The zero-order valence-electron chi connectivity index (χ0n) is 12.0. The summed E-state index contributed by atoms with van der Waals surface area (Å²) in [7, 11) is -3.40. The predicted molar refractivity (Wildman–Crippen MR) is 90.7 cm³/mol. The van der Waals surface area contributed by atoms with Crippen molar-refractivity contribution >= 4 is 38.3 Å². The summed E-state index contributed by atoms with van der Waals surface area (Å²) in [4.78, 5) is 12.3. The van der Waals surface area contributed by atoms with Gasteiger partial charge in [0.1, 0.15) is 6.54 Å². The number of hydrogen-bond acceptors (Lipinski definition) is 4. The third-order valence-corrected chi connectivity index (χ3v) is 6.52. The molecule has 1 fully saturated rings. The molecule has 0 heterocycles. The van der Waals surface area contributed by atoms with Crippen molar-refractivity contribution in [2.24, 2.45) is 11.8 Å². The largest absolute Gasteiger partial charge is 0.343 e. The van der Waals surface area contributed by atoms with E-state index in [4.69, 9.17) is 5.26 Å². The number of halogens is 1. The molecule has 22 heavy (non-hydrogen) atoms. The fourth-order valence-corrected chi connectivity index (χ4v) is 4.92. The minimum Gasteiger partial charge on any atom is -0.343 e. The Morgan fingerprint density at radius 3 is 2.64 bits per heavy atom. The molecule has 0 spiro atoms. The van der Waals surface area contributed by atoms with Gasteiger partial charge < -0.3 is 5.32 Å². The summed E-state index contributed by atoms with van der Waals surface area (Å²) in [6.45, 7) is -0.0358. The highest BCUT2D eigenvalue weighted by atomic mass is 127. The van der Waals surface area contributed by atoms with Crippen molar-refractivity contribution in [1.82, 2.24) is 5.32 Å². The van der Waals surface area contributed by atoms with Gasteiger partial charge in [0, 0.05) is 9.49 Å². The lowest BCUT2D eigenvalue weighted by Gasteiger charge is -2.18. The van der Waals surface area contributed by atoms with Gasteiger partial charge in [-0.1, -0.05) is 6.42 Å². The second kappa shape index (κ2) is 7.42. The fourth-order valence-electron chi connectivity index (χ4n) is 2.86. The van der Waals surface area contributed by atoms with Crippen molar-refractivity contribution in [1.29, 1.82) is 5.26 Å². The summed E-state index contributed by atoms with van der Waals surface area (Å²) in [6.07, 6.45) is 2.26. The molecule has 0 aliphatic heterocycles. The standard InChI is InChI=1S/C15H17IN2O3S/c16-12-4-6-13(7-5-12)22(20,21)10-11-2-1-3-14(11)15(19)18-9-8-17/h4-7,11,14H,1-3,9-10H2,(H,18,19)/t11-,14+/m0/s1. The lowest BCUT2D eigenvalue weighted by atomic mass is 9.97. The zero-order valence-corrected chi connectivity index (χ0v) is 14.9. The zero-order chi connectivity index (χ0) is 16.2. The molecule has 0 radical (unpaired) electrons. The Kier molecular flexibility index (Phi) is 5.81.